The van der Waals surface area contributed by atoms with Crippen LogP contribution in [0.25, 0.3) is 10.9 Å². The van der Waals surface area contributed by atoms with Gasteiger partial charge < -0.3 is 5.32 Å². The molecule has 1 atom stereocenters. The van der Waals surface area contributed by atoms with Gasteiger partial charge in [-0.3, -0.25) is 14.2 Å². The zero-order chi connectivity index (χ0) is 20.8. The van der Waals surface area contributed by atoms with Gasteiger partial charge in [0.25, 0.3) is 5.56 Å². The molecule has 2 aromatic carbocycles. The number of nitriles is 1. The van der Waals surface area contributed by atoms with Crippen molar-refractivity contribution in [3.63, 3.8) is 0 Å². The number of anilines is 1. The fourth-order valence-electron chi connectivity index (χ4n) is 2.87. The molecule has 0 bridgehead atoms. The largest absolute Gasteiger partial charge is 0.325 e. The molecule has 0 fully saturated rings. The molecular weight excluding hydrogens is 384 g/mol. The molecule has 1 N–H and O–H groups in total. The number of benzene rings is 2. The molecule has 1 aromatic heterocycles. The first kappa shape index (κ1) is 20.6. The van der Waals surface area contributed by atoms with Crippen LogP contribution in [0.5, 0.6) is 0 Å². The van der Waals surface area contributed by atoms with Crippen molar-refractivity contribution >= 4 is 34.3 Å². The van der Waals surface area contributed by atoms with Crippen molar-refractivity contribution in [2.75, 3.05) is 5.32 Å². The van der Waals surface area contributed by atoms with Gasteiger partial charge in [-0.2, -0.15) is 5.26 Å². The number of unbranched alkanes of at least 4 members (excludes halogenated alkanes) is 1. The first-order chi connectivity index (χ1) is 14.0. The van der Waals surface area contributed by atoms with Crippen LogP contribution in [0, 0.1) is 11.3 Å². The Hall–Kier alpha value is -3.11. The van der Waals surface area contributed by atoms with Crippen LogP contribution in [0.1, 0.15) is 32.3 Å². The van der Waals surface area contributed by atoms with E-state index in [1.807, 2.05) is 18.2 Å². The third-order valence-electron chi connectivity index (χ3n) is 4.47. The van der Waals surface area contributed by atoms with Crippen molar-refractivity contribution in [2.45, 2.75) is 43.6 Å². The molecule has 1 heterocycles. The van der Waals surface area contributed by atoms with E-state index in [9.17, 15) is 9.59 Å². The molecule has 0 aliphatic carbocycles. The van der Waals surface area contributed by atoms with Crippen LogP contribution in [0.3, 0.4) is 0 Å². The monoisotopic (exact) mass is 406 g/mol. The maximum Gasteiger partial charge on any atom is 0.262 e. The smallest absolute Gasteiger partial charge is 0.262 e. The van der Waals surface area contributed by atoms with E-state index in [1.165, 1.54) is 11.8 Å². The number of carbonyl (C=O) groups is 1. The second-order valence-electron chi connectivity index (χ2n) is 6.66. The number of fused-ring (bicyclic) bond motifs is 1. The van der Waals surface area contributed by atoms with E-state index in [0.717, 1.165) is 12.8 Å². The molecule has 0 spiro atoms. The predicted molar refractivity (Wildman–Crippen MR) is 116 cm³/mol. The Morgan fingerprint density at radius 3 is 2.83 bits per heavy atom. The molecule has 1 unspecified atom stereocenters. The maximum atomic E-state index is 12.9. The highest BCUT2D eigenvalue weighted by atomic mass is 32.2. The number of hydrogen-bond acceptors (Lipinski definition) is 5. The first-order valence-electron chi connectivity index (χ1n) is 9.50. The van der Waals surface area contributed by atoms with Crippen LogP contribution >= 0.6 is 11.8 Å². The normalized spacial score (nSPS) is 11.8. The Balaban J connectivity index is 1.86. The predicted octanol–water partition coefficient (Wildman–Crippen LogP) is 4.19. The SMILES string of the molecule is CCCCn1c(SC(C)C(=O)Nc2cccc(C#N)c2)nc2ccccc2c1=O. The summed E-state index contributed by atoms with van der Waals surface area (Å²) in [6.45, 7) is 4.41. The molecule has 6 nitrogen and oxygen atoms in total. The van der Waals surface area contributed by atoms with Gasteiger partial charge in [0.15, 0.2) is 5.16 Å². The fourth-order valence-corrected chi connectivity index (χ4v) is 3.81. The average molecular weight is 407 g/mol. The molecule has 148 valence electrons. The highest BCUT2D eigenvalue weighted by Gasteiger charge is 2.19. The van der Waals surface area contributed by atoms with Gasteiger partial charge in [-0.1, -0.05) is 43.3 Å². The molecule has 7 heteroatoms. The van der Waals surface area contributed by atoms with Crippen molar-refractivity contribution in [2.24, 2.45) is 0 Å². The lowest BCUT2D eigenvalue weighted by atomic mass is 10.2. The lowest BCUT2D eigenvalue weighted by Crippen LogP contribution is -2.27. The Morgan fingerprint density at radius 1 is 1.28 bits per heavy atom. The fraction of sp³-hybridized carbons (Fsp3) is 0.273. The van der Waals surface area contributed by atoms with E-state index in [-0.39, 0.29) is 11.5 Å². The third-order valence-corrected chi connectivity index (χ3v) is 5.56. The minimum atomic E-state index is -0.471. The van der Waals surface area contributed by atoms with Crippen LogP contribution in [-0.2, 0) is 11.3 Å². The van der Waals surface area contributed by atoms with Gasteiger partial charge in [0.2, 0.25) is 5.91 Å². The lowest BCUT2D eigenvalue weighted by molar-refractivity contribution is -0.115. The van der Waals surface area contributed by atoms with E-state index in [0.29, 0.717) is 33.9 Å². The van der Waals surface area contributed by atoms with Crippen molar-refractivity contribution in [1.29, 1.82) is 5.26 Å². The lowest BCUT2D eigenvalue weighted by Gasteiger charge is -2.16. The van der Waals surface area contributed by atoms with Gasteiger partial charge in [-0.15, -0.1) is 0 Å². The molecule has 0 aliphatic heterocycles. The number of rotatable bonds is 7. The molecule has 3 rings (SSSR count). The number of carbonyl (C=O) groups excluding carboxylic acids is 1. The summed E-state index contributed by atoms with van der Waals surface area (Å²) in [6.07, 6.45) is 1.81. The minimum Gasteiger partial charge on any atom is -0.325 e. The number of para-hydroxylation sites is 1. The van der Waals surface area contributed by atoms with Crippen molar-refractivity contribution in [3.05, 3.63) is 64.4 Å². The van der Waals surface area contributed by atoms with Gasteiger partial charge in [0.1, 0.15) is 0 Å². The van der Waals surface area contributed by atoms with E-state index in [4.69, 9.17) is 5.26 Å². The van der Waals surface area contributed by atoms with E-state index >= 15 is 0 Å². The number of nitrogens with one attached hydrogen (secondary N) is 1. The van der Waals surface area contributed by atoms with Gasteiger partial charge >= 0.3 is 0 Å². The van der Waals surface area contributed by atoms with E-state index in [2.05, 4.69) is 23.3 Å². The summed E-state index contributed by atoms with van der Waals surface area (Å²) in [5.41, 5.74) is 1.59. The molecule has 0 radical (unpaired) electrons. The third kappa shape index (κ3) is 4.84. The van der Waals surface area contributed by atoms with E-state index in [1.54, 1.807) is 41.8 Å². The van der Waals surface area contributed by atoms with Crippen LogP contribution in [0.15, 0.2) is 58.5 Å². The second-order valence-corrected chi connectivity index (χ2v) is 7.97. The van der Waals surface area contributed by atoms with Crippen LogP contribution in [0.2, 0.25) is 0 Å². The number of aromatic nitrogens is 2. The Bertz CT molecular complexity index is 1130. The molecule has 3 aromatic rings. The summed E-state index contributed by atoms with van der Waals surface area (Å²) in [5.74, 6) is -0.213. The molecule has 29 heavy (non-hydrogen) atoms. The number of thioether (sulfide) groups is 1. The molecule has 1 amide bonds. The number of amides is 1. The summed E-state index contributed by atoms with van der Waals surface area (Å²) in [4.78, 5) is 30.3. The Labute approximate surface area is 173 Å². The molecule has 0 saturated carbocycles. The molecular formula is C22H22N4O2S. The quantitative estimate of drug-likeness (QED) is 0.470. The molecule has 0 saturated heterocycles. The maximum absolute atomic E-state index is 12.9. The van der Waals surface area contributed by atoms with Crippen LogP contribution in [0.4, 0.5) is 5.69 Å². The highest BCUT2D eigenvalue weighted by molar-refractivity contribution is 8.00. The van der Waals surface area contributed by atoms with E-state index < -0.39 is 5.25 Å². The van der Waals surface area contributed by atoms with Crippen LogP contribution < -0.4 is 10.9 Å². The van der Waals surface area contributed by atoms with Crippen LogP contribution in [-0.4, -0.2) is 20.7 Å². The first-order valence-corrected chi connectivity index (χ1v) is 10.4. The topological polar surface area (TPSA) is 87.8 Å². The molecule has 0 aliphatic rings. The number of hydrogen-bond donors (Lipinski definition) is 1. The average Bonchev–Trinajstić information content (AvgIpc) is 2.73. The minimum absolute atomic E-state index is 0.0825. The van der Waals surface area contributed by atoms with Gasteiger partial charge in [0.05, 0.1) is 27.8 Å². The Kier molecular flexibility index (Phi) is 6.68. The van der Waals surface area contributed by atoms with Crippen molar-refractivity contribution in [1.82, 2.24) is 9.55 Å². The standard InChI is InChI=1S/C22H22N4O2S/c1-3-4-12-26-21(28)18-10-5-6-11-19(18)25-22(26)29-15(2)20(27)24-17-9-7-8-16(13-17)14-23/h5-11,13,15H,3-4,12H2,1-2H3,(H,24,27). The summed E-state index contributed by atoms with van der Waals surface area (Å²) in [7, 11) is 0. The zero-order valence-corrected chi connectivity index (χ0v) is 17.2. The summed E-state index contributed by atoms with van der Waals surface area (Å²) >= 11 is 1.26. The Morgan fingerprint density at radius 2 is 2.07 bits per heavy atom. The van der Waals surface area contributed by atoms with Gasteiger partial charge in [-0.25, -0.2) is 4.98 Å². The summed E-state index contributed by atoms with van der Waals surface area (Å²) in [5, 5.41) is 12.5. The van der Waals surface area contributed by atoms with Gasteiger partial charge in [0, 0.05) is 12.2 Å². The summed E-state index contributed by atoms with van der Waals surface area (Å²) in [6, 6.07) is 16.1. The van der Waals surface area contributed by atoms with Gasteiger partial charge in [-0.05, 0) is 43.7 Å². The van der Waals surface area contributed by atoms with Crippen molar-refractivity contribution in [3.8, 4) is 6.07 Å². The zero-order valence-electron chi connectivity index (χ0n) is 16.4. The van der Waals surface area contributed by atoms with Crippen molar-refractivity contribution < 1.29 is 4.79 Å². The summed E-state index contributed by atoms with van der Waals surface area (Å²) < 4.78 is 1.66. The second kappa shape index (κ2) is 9.39. The highest BCUT2D eigenvalue weighted by Crippen LogP contribution is 2.24. The number of nitrogens with zero attached hydrogens (tertiary/aromatic N) is 3.